The number of benzene rings is 1. The van der Waals surface area contributed by atoms with E-state index in [4.69, 9.17) is 0 Å². The average Bonchev–Trinajstić information content (AvgIpc) is 2.71. The summed E-state index contributed by atoms with van der Waals surface area (Å²) in [4.78, 5) is 22.7. The Balaban J connectivity index is 2.70. The molecule has 0 saturated heterocycles. The van der Waals surface area contributed by atoms with E-state index in [9.17, 15) is 14.7 Å². The molecule has 1 heterocycles. The number of carbonyl (C=O) groups excluding carboxylic acids is 1. The summed E-state index contributed by atoms with van der Waals surface area (Å²) in [7, 11) is 3.02. The normalized spacial score (nSPS) is 11.2. The van der Waals surface area contributed by atoms with Crippen molar-refractivity contribution in [2.24, 2.45) is 7.05 Å². The summed E-state index contributed by atoms with van der Waals surface area (Å²) >= 11 is 0. The van der Waals surface area contributed by atoms with Gasteiger partial charge in [-0.2, -0.15) is 5.10 Å². The van der Waals surface area contributed by atoms with Gasteiger partial charge in [-0.05, 0) is 24.6 Å². The monoisotopic (exact) mass is 274 g/mol. The van der Waals surface area contributed by atoms with Gasteiger partial charge in [-0.25, -0.2) is 9.59 Å². The summed E-state index contributed by atoms with van der Waals surface area (Å²) in [6, 6.07) is 3.35. The van der Waals surface area contributed by atoms with E-state index in [0.717, 1.165) is 5.69 Å². The summed E-state index contributed by atoms with van der Waals surface area (Å²) in [6.45, 7) is 1.80. The maximum absolute atomic E-state index is 11.5. The van der Waals surface area contributed by atoms with Crippen LogP contribution in [0.25, 0.3) is 17.0 Å². The van der Waals surface area contributed by atoms with Crippen LogP contribution in [0.2, 0.25) is 0 Å². The highest BCUT2D eigenvalue weighted by atomic mass is 16.5. The van der Waals surface area contributed by atoms with Crippen molar-refractivity contribution < 1.29 is 19.4 Å². The number of carboxylic acid groups (broad SMARTS) is 1. The second-order valence-electron chi connectivity index (χ2n) is 4.29. The van der Waals surface area contributed by atoms with Gasteiger partial charge < -0.3 is 9.84 Å². The van der Waals surface area contributed by atoms with Crippen molar-refractivity contribution in [1.29, 1.82) is 0 Å². The molecule has 0 saturated carbocycles. The zero-order valence-corrected chi connectivity index (χ0v) is 11.4. The molecule has 104 valence electrons. The van der Waals surface area contributed by atoms with Gasteiger partial charge in [-0.3, -0.25) is 4.68 Å². The topological polar surface area (TPSA) is 81.4 Å². The number of hydrogen-bond donors (Lipinski definition) is 1. The number of carboxylic acids is 1. The van der Waals surface area contributed by atoms with E-state index in [1.807, 2.05) is 0 Å². The van der Waals surface area contributed by atoms with Crippen LogP contribution in [0.3, 0.4) is 0 Å². The van der Waals surface area contributed by atoms with Crippen molar-refractivity contribution in [3.05, 3.63) is 35.0 Å². The molecule has 2 aromatic rings. The molecule has 1 aromatic carbocycles. The van der Waals surface area contributed by atoms with Gasteiger partial charge in [0, 0.05) is 24.2 Å². The number of ether oxygens (including phenoxy) is 1. The lowest BCUT2D eigenvalue weighted by Gasteiger charge is -2.04. The molecule has 0 aliphatic rings. The largest absolute Gasteiger partial charge is 0.478 e. The predicted octanol–water partition coefficient (Wildman–Crippen LogP) is 1.77. The predicted molar refractivity (Wildman–Crippen MR) is 73.5 cm³/mol. The second kappa shape index (κ2) is 5.16. The summed E-state index contributed by atoms with van der Waals surface area (Å²) in [5.74, 6) is -1.60. The molecular weight excluding hydrogens is 260 g/mol. The van der Waals surface area contributed by atoms with Crippen molar-refractivity contribution in [2.75, 3.05) is 7.11 Å². The van der Waals surface area contributed by atoms with Crippen LogP contribution in [-0.2, 0) is 16.6 Å². The fourth-order valence-corrected chi connectivity index (χ4v) is 2.05. The quantitative estimate of drug-likeness (QED) is 0.681. The number of rotatable bonds is 3. The van der Waals surface area contributed by atoms with Gasteiger partial charge in [0.15, 0.2) is 0 Å². The molecule has 0 atom stereocenters. The number of nitrogens with zero attached hydrogens (tertiary/aromatic N) is 2. The first kappa shape index (κ1) is 13.8. The number of aromatic carboxylic acids is 1. The summed E-state index contributed by atoms with van der Waals surface area (Å²) < 4.78 is 6.13. The Labute approximate surface area is 115 Å². The van der Waals surface area contributed by atoms with E-state index in [1.54, 1.807) is 30.8 Å². The lowest BCUT2D eigenvalue weighted by molar-refractivity contribution is -0.134. The third kappa shape index (κ3) is 2.27. The Hall–Kier alpha value is -2.63. The van der Waals surface area contributed by atoms with Crippen LogP contribution in [0.15, 0.2) is 18.2 Å². The average molecular weight is 274 g/mol. The van der Waals surface area contributed by atoms with E-state index in [0.29, 0.717) is 16.5 Å². The summed E-state index contributed by atoms with van der Waals surface area (Å²) in [5.41, 5.74) is 1.93. The first-order valence-corrected chi connectivity index (χ1v) is 5.91. The van der Waals surface area contributed by atoms with Crippen molar-refractivity contribution >= 4 is 28.9 Å². The Morgan fingerprint density at radius 3 is 2.70 bits per heavy atom. The van der Waals surface area contributed by atoms with E-state index in [1.165, 1.54) is 19.3 Å². The van der Waals surface area contributed by atoms with Gasteiger partial charge in [0.05, 0.1) is 18.2 Å². The van der Waals surface area contributed by atoms with Gasteiger partial charge in [-0.15, -0.1) is 0 Å². The molecular formula is C14H14N2O4. The van der Waals surface area contributed by atoms with Crippen LogP contribution in [-0.4, -0.2) is 33.9 Å². The van der Waals surface area contributed by atoms with Crippen LogP contribution in [0.4, 0.5) is 0 Å². The smallest absolute Gasteiger partial charge is 0.337 e. The fraction of sp³-hybridized carbons (Fsp3) is 0.214. The van der Waals surface area contributed by atoms with Gasteiger partial charge in [0.2, 0.25) is 0 Å². The Kier molecular flexibility index (Phi) is 3.56. The number of aryl methyl sites for hydroxylation is 2. The van der Waals surface area contributed by atoms with Crippen LogP contribution in [0, 0.1) is 6.92 Å². The lowest BCUT2D eigenvalue weighted by atomic mass is 10.0. The summed E-state index contributed by atoms with van der Waals surface area (Å²) in [5, 5.41) is 14.3. The SMILES string of the molecule is COC(=O)/C=C/c1ccc2nn(C)c(C)c2c1C(=O)O. The Morgan fingerprint density at radius 2 is 2.10 bits per heavy atom. The number of carbonyl (C=O) groups is 2. The number of methoxy groups -OCH3 is 1. The molecule has 1 aromatic heterocycles. The van der Waals surface area contributed by atoms with E-state index < -0.39 is 11.9 Å². The third-order valence-electron chi connectivity index (χ3n) is 3.13. The van der Waals surface area contributed by atoms with E-state index in [2.05, 4.69) is 9.84 Å². The van der Waals surface area contributed by atoms with Crippen molar-refractivity contribution in [3.63, 3.8) is 0 Å². The van der Waals surface area contributed by atoms with Crippen LogP contribution < -0.4 is 0 Å². The molecule has 0 spiro atoms. The molecule has 0 unspecified atom stereocenters. The first-order valence-electron chi connectivity index (χ1n) is 5.91. The molecule has 0 bridgehead atoms. The van der Waals surface area contributed by atoms with E-state index in [-0.39, 0.29) is 5.56 Å². The highest BCUT2D eigenvalue weighted by Crippen LogP contribution is 2.26. The van der Waals surface area contributed by atoms with Gasteiger partial charge >= 0.3 is 11.9 Å². The Morgan fingerprint density at radius 1 is 1.40 bits per heavy atom. The molecule has 1 N–H and O–H groups in total. The zero-order chi connectivity index (χ0) is 14.9. The van der Waals surface area contributed by atoms with Gasteiger partial charge in [0.1, 0.15) is 0 Å². The van der Waals surface area contributed by atoms with Crippen molar-refractivity contribution in [3.8, 4) is 0 Å². The highest BCUT2D eigenvalue weighted by Gasteiger charge is 2.18. The minimum absolute atomic E-state index is 0.133. The molecule has 0 radical (unpaired) electrons. The molecule has 20 heavy (non-hydrogen) atoms. The van der Waals surface area contributed by atoms with E-state index >= 15 is 0 Å². The lowest BCUT2D eigenvalue weighted by Crippen LogP contribution is -2.02. The molecule has 6 heteroatoms. The molecule has 0 aliphatic heterocycles. The van der Waals surface area contributed by atoms with Crippen LogP contribution in [0.1, 0.15) is 21.6 Å². The highest BCUT2D eigenvalue weighted by molar-refractivity contribution is 6.07. The number of fused-ring (bicyclic) bond motifs is 1. The van der Waals surface area contributed by atoms with Crippen LogP contribution >= 0.6 is 0 Å². The molecule has 0 amide bonds. The fourth-order valence-electron chi connectivity index (χ4n) is 2.05. The summed E-state index contributed by atoms with van der Waals surface area (Å²) in [6.07, 6.45) is 2.63. The maximum Gasteiger partial charge on any atom is 0.337 e. The van der Waals surface area contributed by atoms with Crippen LogP contribution in [0.5, 0.6) is 0 Å². The van der Waals surface area contributed by atoms with Gasteiger partial charge in [-0.1, -0.05) is 6.07 Å². The minimum Gasteiger partial charge on any atom is -0.478 e. The number of hydrogen-bond acceptors (Lipinski definition) is 4. The molecule has 6 nitrogen and oxygen atoms in total. The Bertz CT molecular complexity index is 728. The van der Waals surface area contributed by atoms with Gasteiger partial charge in [0.25, 0.3) is 0 Å². The zero-order valence-electron chi connectivity index (χ0n) is 11.4. The number of aromatic nitrogens is 2. The number of esters is 1. The van der Waals surface area contributed by atoms with Crippen molar-refractivity contribution in [2.45, 2.75) is 6.92 Å². The molecule has 2 rings (SSSR count). The minimum atomic E-state index is -1.06. The maximum atomic E-state index is 11.5. The standard InChI is InChI=1S/C14H14N2O4/c1-8-12-10(15-16(8)2)6-4-9(13(12)14(18)19)5-7-11(17)20-3/h4-7H,1-3H3,(H,18,19)/b7-5+. The molecule has 0 aliphatic carbocycles. The molecule has 0 fully saturated rings. The third-order valence-corrected chi connectivity index (χ3v) is 3.13. The van der Waals surface area contributed by atoms with Crippen molar-refractivity contribution in [1.82, 2.24) is 9.78 Å². The second-order valence-corrected chi connectivity index (χ2v) is 4.29. The first-order chi connectivity index (χ1) is 9.45.